The highest BCUT2D eigenvalue weighted by molar-refractivity contribution is 7.92. The fraction of sp³-hybridized carbons (Fsp3) is 0.474. The SMILES string of the molecule is C[C@H]1[C@H](NC(=O)c2cnc(-c3cccc(NS(C)(=O)=O)c3)s2)C2CCN1CC2. The van der Waals surface area contributed by atoms with Crippen LogP contribution in [0.4, 0.5) is 5.69 Å². The number of piperidine rings is 3. The molecule has 2 bridgehead atoms. The van der Waals surface area contributed by atoms with Crippen LogP contribution in [0.2, 0.25) is 0 Å². The van der Waals surface area contributed by atoms with E-state index >= 15 is 0 Å². The molecule has 0 unspecified atom stereocenters. The maximum Gasteiger partial charge on any atom is 0.263 e. The molecule has 0 radical (unpaired) electrons. The average Bonchev–Trinajstić information content (AvgIpc) is 3.14. The highest BCUT2D eigenvalue weighted by Gasteiger charge is 2.40. The maximum absolute atomic E-state index is 12.8. The zero-order chi connectivity index (χ0) is 19.9. The molecular weight excluding hydrogens is 396 g/mol. The van der Waals surface area contributed by atoms with Crippen LogP contribution in [-0.2, 0) is 10.0 Å². The summed E-state index contributed by atoms with van der Waals surface area (Å²) in [6.45, 7) is 4.44. The molecular formula is C19H24N4O3S2. The van der Waals surface area contributed by atoms with Gasteiger partial charge in [0, 0.05) is 23.3 Å². The summed E-state index contributed by atoms with van der Waals surface area (Å²) in [5.41, 5.74) is 1.25. The van der Waals surface area contributed by atoms with Crippen LogP contribution in [0.15, 0.2) is 30.5 Å². The molecule has 2 N–H and O–H groups in total. The van der Waals surface area contributed by atoms with E-state index in [1.165, 1.54) is 11.3 Å². The number of nitrogens with one attached hydrogen (secondary N) is 2. The summed E-state index contributed by atoms with van der Waals surface area (Å²) in [5, 5.41) is 3.91. The van der Waals surface area contributed by atoms with E-state index in [4.69, 9.17) is 0 Å². The van der Waals surface area contributed by atoms with E-state index < -0.39 is 10.0 Å². The second-order valence-electron chi connectivity index (χ2n) is 7.60. The fourth-order valence-electron chi connectivity index (χ4n) is 4.21. The normalized spacial score (nSPS) is 26.8. The molecule has 5 rings (SSSR count). The fourth-order valence-corrected chi connectivity index (χ4v) is 5.58. The van der Waals surface area contributed by atoms with Crippen LogP contribution < -0.4 is 10.0 Å². The first kappa shape index (κ1) is 19.4. The molecule has 3 aliphatic heterocycles. The third kappa shape index (κ3) is 4.06. The summed E-state index contributed by atoms with van der Waals surface area (Å²) in [7, 11) is -3.35. The Morgan fingerprint density at radius 3 is 2.71 bits per heavy atom. The van der Waals surface area contributed by atoms with Crippen molar-refractivity contribution in [3.8, 4) is 10.6 Å². The molecule has 28 heavy (non-hydrogen) atoms. The van der Waals surface area contributed by atoms with Crippen molar-refractivity contribution in [2.45, 2.75) is 31.8 Å². The number of rotatable bonds is 5. The summed E-state index contributed by atoms with van der Waals surface area (Å²) >= 11 is 1.32. The van der Waals surface area contributed by atoms with Crippen LogP contribution in [0.3, 0.4) is 0 Å². The standard InChI is InChI=1S/C19H24N4O3S2/c1-12-17(13-6-8-23(12)9-7-13)21-18(24)16-11-20-19(27-16)14-4-3-5-15(10-14)22-28(2,25)26/h3-5,10-13,17,22H,6-9H2,1-2H3,(H,21,24)/t12-,17-/m0/s1. The molecule has 0 aliphatic carbocycles. The quantitative estimate of drug-likeness (QED) is 0.775. The van der Waals surface area contributed by atoms with E-state index in [-0.39, 0.29) is 11.9 Å². The van der Waals surface area contributed by atoms with Crippen molar-refractivity contribution < 1.29 is 13.2 Å². The van der Waals surface area contributed by atoms with Gasteiger partial charge in [-0.1, -0.05) is 12.1 Å². The molecule has 3 saturated heterocycles. The molecule has 0 saturated carbocycles. The van der Waals surface area contributed by atoms with Gasteiger partial charge in [-0.2, -0.15) is 0 Å². The first-order chi connectivity index (χ1) is 13.3. The van der Waals surface area contributed by atoms with Gasteiger partial charge in [-0.25, -0.2) is 13.4 Å². The minimum absolute atomic E-state index is 0.0836. The number of nitrogens with zero attached hydrogens (tertiary/aromatic N) is 2. The summed E-state index contributed by atoms with van der Waals surface area (Å²) in [5.74, 6) is 0.467. The van der Waals surface area contributed by atoms with Gasteiger partial charge in [0.15, 0.2) is 0 Å². The van der Waals surface area contributed by atoms with Crippen molar-refractivity contribution in [3.63, 3.8) is 0 Å². The van der Waals surface area contributed by atoms with Crippen molar-refractivity contribution in [2.24, 2.45) is 5.92 Å². The van der Waals surface area contributed by atoms with Gasteiger partial charge >= 0.3 is 0 Å². The summed E-state index contributed by atoms with van der Waals surface area (Å²) in [6, 6.07) is 7.56. The summed E-state index contributed by atoms with van der Waals surface area (Å²) < 4.78 is 25.3. The molecule has 2 atom stereocenters. The zero-order valence-electron chi connectivity index (χ0n) is 15.9. The average molecular weight is 421 g/mol. The number of carbonyl (C=O) groups is 1. The van der Waals surface area contributed by atoms with Gasteiger partial charge in [-0.05, 0) is 50.9 Å². The van der Waals surface area contributed by atoms with Crippen LogP contribution in [0.1, 0.15) is 29.4 Å². The third-order valence-electron chi connectivity index (χ3n) is 5.62. The van der Waals surface area contributed by atoms with Crippen molar-refractivity contribution in [1.29, 1.82) is 0 Å². The number of thiazole rings is 1. The number of amides is 1. The Morgan fingerprint density at radius 1 is 1.29 bits per heavy atom. The van der Waals surface area contributed by atoms with Crippen molar-refractivity contribution in [3.05, 3.63) is 35.3 Å². The zero-order valence-corrected chi connectivity index (χ0v) is 17.5. The Bertz CT molecular complexity index is 979. The molecule has 7 nitrogen and oxygen atoms in total. The second kappa shape index (κ2) is 7.46. The first-order valence-electron chi connectivity index (χ1n) is 9.39. The Balaban J connectivity index is 1.48. The van der Waals surface area contributed by atoms with Crippen LogP contribution >= 0.6 is 11.3 Å². The van der Waals surface area contributed by atoms with Gasteiger partial charge in [0.05, 0.1) is 12.5 Å². The topological polar surface area (TPSA) is 91.4 Å². The molecule has 3 aliphatic rings. The van der Waals surface area contributed by atoms with Crippen LogP contribution in [0.5, 0.6) is 0 Å². The first-order valence-corrected chi connectivity index (χ1v) is 12.1. The number of aromatic nitrogens is 1. The minimum atomic E-state index is -3.35. The van der Waals surface area contributed by atoms with Crippen molar-refractivity contribution >= 4 is 33.0 Å². The molecule has 9 heteroatoms. The monoisotopic (exact) mass is 420 g/mol. The lowest BCUT2D eigenvalue weighted by atomic mass is 9.79. The van der Waals surface area contributed by atoms with E-state index in [0.717, 1.165) is 37.8 Å². The van der Waals surface area contributed by atoms with Gasteiger partial charge in [0.25, 0.3) is 5.91 Å². The molecule has 1 aromatic heterocycles. The number of fused-ring (bicyclic) bond motifs is 3. The molecule has 1 aromatic carbocycles. The van der Waals surface area contributed by atoms with Gasteiger partial charge in [-0.3, -0.25) is 14.4 Å². The predicted molar refractivity (Wildman–Crippen MR) is 111 cm³/mol. The van der Waals surface area contributed by atoms with Crippen molar-refractivity contribution in [2.75, 3.05) is 24.1 Å². The highest BCUT2D eigenvalue weighted by atomic mass is 32.2. The van der Waals surface area contributed by atoms with E-state index in [0.29, 0.717) is 27.5 Å². The number of anilines is 1. The summed E-state index contributed by atoms with van der Waals surface area (Å²) in [4.78, 5) is 20.2. The molecule has 3 fully saturated rings. The van der Waals surface area contributed by atoms with Gasteiger partial charge in [0.1, 0.15) is 9.88 Å². The van der Waals surface area contributed by atoms with Crippen LogP contribution in [0, 0.1) is 5.92 Å². The molecule has 2 aromatic rings. The number of sulfonamides is 1. The Labute approximate surface area is 169 Å². The number of hydrogen-bond acceptors (Lipinski definition) is 6. The van der Waals surface area contributed by atoms with E-state index in [1.54, 1.807) is 24.4 Å². The largest absolute Gasteiger partial charge is 0.347 e. The van der Waals surface area contributed by atoms with E-state index in [2.05, 4.69) is 26.8 Å². The lowest BCUT2D eigenvalue weighted by molar-refractivity contribution is 0.0218. The molecule has 1 amide bonds. The minimum Gasteiger partial charge on any atom is -0.347 e. The maximum atomic E-state index is 12.8. The highest BCUT2D eigenvalue weighted by Crippen LogP contribution is 2.33. The Morgan fingerprint density at radius 2 is 2.04 bits per heavy atom. The molecule has 0 spiro atoms. The Kier molecular flexibility index (Phi) is 5.15. The van der Waals surface area contributed by atoms with Gasteiger partial charge in [-0.15, -0.1) is 11.3 Å². The second-order valence-corrected chi connectivity index (χ2v) is 10.4. The van der Waals surface area contributed by atoms with Gasteiger partial charge < -0.3 is 5.32 Å². The van der Waals surface area contributed by atoms with Crippen LogP contribution in [-0.4, -0.2) is 55.6 Å². The lowest BCUT2D eigenvalue weighted by Gasteiger charge is -2.49. The smallest absolute Gasteiger partial charge is 0.263 e. The number of hydrogen-bond donors (Lipinski definition) is 2. The third-order valence-corrected chi connectivity index (χ3v) is 7.27. The van der Waals surface area contributed by atoms with E-state index in [9.17, 15) is 13.2 Å². The van der Waals surface area contributed by atoms with Crippen molar-refractivity contribution in [1.82, 2.24) is 15.2 Å². The lowest BCUT2D eigenvalue weighted by Crippen LogP contribution is -2.62. The van der Waals surface area contributed by atoms with E-state index in [1.807, 2.05) is 6.07 Å². The number of benzene rings is 1. The Hall–Kier alpha value is -1.97. The number of carbonyl (C=O) groups excluding carboxylic acids is 1. The molecule has 4 heterocycles. The van der Waals surface area contributed by atoms with Crippen LogP contribution in [0.25, 0.3) is 10.6 Å². The van der Waals surface area contributed by atoms with Gasteiger partial charge in [0.2, 0.25) is 10.0 Å². The molecule has 150 valence electrons. The summed E-state index contributed by atoms with van der Waals surface area (Å²) in [6.07, 6.45) is 4.99. The predicted octanol–water partition coefficient (Wildman–Crippen LogP) is 2.39.